The average molecular weight is 128 g/mol. The van der Waals surface area contributed by atoms with Crippen LogP contribution in [0.2, 0.25) is 0 Å². The van der Waals surface area contributed by atoms with Crippen LogP contribution in [0.5, 0.6) is 0 Å². The first-order chi connectivity index (χ1) is 3.79. The Morgan fingerprint density at radius 1 is 1.62 bits per heavy atom. The Labute approximate surface area is 50.3 Å². The van der Waals surface area contributed by atoms with Crippen molar-refractivity contribution in [1.82, 2.24) is 0 Å². The van der Waals surface area contributed by atoms with Gasteiger partial charge in [0, 0.05) is 5.92 Å². The Morgan fingerprint density at radius 3 is 2.62 bits per heavy atom. The molecule has 2 rings (SSSR count). The molecule has 0 radical (unpaired) electrons. The molecule has 0 aromatic carbocycles. The third-order valence-electron chi connectivity index (χ3n) is 2.15. The van der Waals surface area contributed by atoms with Crippen LogP contribution in [0.1, 0.15) is 6.42 Å². The minimum atomic E-state index is -0.907. The van der Waals surface area contributed by atoms with E-state index in [1.54, 1.807) is 0 Å². The summed E-state index contributed by atoms with van der Waals surface area (Å²) in [5, 5.41) is 0. The minimum absolute atomic E-state index is 0.883. The van der Waals surface area contributed by atoms with E-state index in [4.69, 9.17) is 5.50 Å². The fraction of sp³-hybridized carbons (Fsp3) is 0.667. The molecule has 2 heteroatoms. The molecule has 2 heterocycles. The SMILES string of the molecule is N[P+]12C=CC(CC1)C2. The molecule has 2 N–H and O–H groups in total. The van der Waals surface area contributed by atoms with Crippen molar-refractivity contribution >= 4 is 7.41 Å². The number of hydrogen-bond donors (Lipinski definition) is 1. The lowest BCUT2D eigenvalue weighted by atomic mass is 10.1. The van der Waals surface area contributed by atoms with Crippen LogP contribution >= 0.6 is 7.41 Å². The summed E-state index contributed by atoms with van der Waals surface area (Å²) in [5.74, 6) is 3.18. The topological polar surface area (TPSA) is 26.0 Å². The summed E-state index contributed by atoms with van der Waals surface area (Å²) in [7, 11) is -0.907. The third-order valence-corrected chi connectivity index (χ3v) is 5.15. The van der Waals surface area contributed by atoms with Crippen molar-refractivity contribution < 1.29 is 0 Å². The molecule has 0 spiro atoms. The molecule has 2 aliphatic heterocycles. The van der Waals surface area contributed by atoms with Gasteiger partial charge in [-0.05, 0) is 12.5 Å². The summed E-state index contributed by atoms with van der Waals surface area (Å²) in [4.78, 5) is 0. The van der Waals surface area contributed by atoms with Gasteiger partial charge in [-0.15, -0.1) is 0 Å². The van der Waals surface area contributed by atoms with Gasteiger partial charge in [0.05, 0.1) is 18.1 Å². The van der Waals surface area contributed by atoms with Gasteiger partial charge in [0.2, 0.25) is 0 Å². The summed E-state index contributed by atoms with van der Waals surface area (Å²) in [6.07, 6.45) is 6.35. The van der Waals surface area contributed by atoms with E-state index >= 15 is 0 Å². The van der Waals surface area contributed by atoms with Crippen LogP contribution in [0.25, 0.3) is 0 Å². The summed E-state index contributed by atoms with van der Waals surface area (Å²) >= 11 is 0. The molecule has 0 saturated carbocycles. The second kappa shape index (κ2) is 1.34. The first-order valence-electron chi connectivity index (χ1n) is 3.13. The monoisotopic (exact) mass is 128 g/mol. The number of hydrogen-bond acceptors (Lipinski definition) is 1. The van der Waals surface area contributed by atoms with Crippen molar-refractivity contribution in [2.45, 2.75) is 6.42 Å². The first kappa shape index (κ1) is 4.96. The van der Waals surface area contributed by atoms with Gasteiger partial charge in [0.25, 0.3) is 0 Å². The largest absolute Gasteiger partial charge is 0.201 e. The van der Waals surface area contributed by atoms with E-state index in [1.165, 1.54) is 18.7 Å². The summed E-state index contributed by atoms with van der Waals surface area (Å²) < 4.78 is 0. The zero-order chi connectivity index (χ0) is 5.61. The molecule has 1 nitrogen and oxygen atoms in total. The van der Waals surface area contributed by atoms with Crippen molar-refractivity contribution in [1.29, 1.82) is 0 Å². The van der Waals surface area contributed by atoms with E-state index in [1.807, 2.05) is 0 Å². The zero-order valence-electron chi connectivity index (χ0n) is 4.88. The molecule has 2 bridgehead atoms. The molecule has 0 aliphatic carbocycles. The summed E-state index contributed by atoms with van der Waals surface area (Å²) in [6, 6.07) is 0. The van der Waals surface area contributed by atoms with E-state index in [0.717, 1.165) is 5.92 Å². The maximum atomic E-state index is 6.02. The van der Waals surface area contributed by atoms with Gasteiger partial charge >= 0.3 is 0 Å². The van der Waals surface area contributed by atoms with Gasteiger partial charge in [0.15, 0.2) is 0 Å². The second-order valence-electron chi connectivity index (χ2n) is 2.90. The highest BCUT2D eigenvalue weighted by Crippen LogP contribution is 2.64. The van der Waals surface area contributed by atoms with Crippen molar-refractivity contribution in [2.75, 3.05) is 12.3 Å². The summed E-state index contributed by atoms with van der Waals surface area (Å²) in [6.45, 7) is 0. The Bertz CT molecular complexity index is 143. The second-order valence-corrected chi connectivity index (χ2v) is 6.22. The lowest BCUT2D eigenvalue weighted by molar-refractivity contribution is 0.750. The van der Waals surface area contributed by atoms with E-state index in [9.17, 15) is 0 Å². The Morgan fingerprint density at radius 2 is 2.50 bits per heavy atom. The van der Waals surface area contributed by atoms with Crippen molar-refractivity contribution in [3.05, 3.63) is 11.9 Å². The highest BCUT2D eigenvalue weighted by atomic mass is 31.2. The van der Waals surface area contributed by atoms with Crippen molar-refractivity contribution in [3.63, 3.8) is 0 Å². The predicted molar refractivity (Wildman–Crippen MR) is 38.1 cm³/mol. The summed E-state index contributed by atoms with van der Waals surface area (Å²) in [5.41, 5.74) is 6.02. The van der Waals surface area contributed by atoms with Crippen LogP contribution in [0, 0.1) is 5.92 Å². The van der Waals surface area contributed by atoms with Gasteiger partial charge in [-0.1, -0.05) is 0 Å². The van der Waals surface area contributed by atoms with E-state index < -0.39 is 7.41 Å². The molecular formula is C6H11NP+. The molecule has 8 heavy (non-hydrogen) atoms. The van der Waals surface area contributed by atoms with Crippen molar-refractivity contribution in [3.8, 4) is 0 Å². The first-order valence-corrected chi connectivity index (χ1v) is 5.43. The molecule has 0 aromatic rings. The maximum absolute atomic E-state index is 6.02. The minimum Gasteiger partial charge on any atom is -0.201 e. The van der Waals surface area contributed by atoms with Gasteiger partial charge in [-0.2, -0.15) is 0 Å². The number of nitrogens with two attached hydrogens (primary N) is 1. The van der Waals surface area contributed by atoms with Crippen LogP contribution in [0.3, 0.4) is 0 Å². The Hall–Kier alpha value is 0.130. The van der Waals surface area contributed by atoms with Gasteiger partial charge in [0.1, 0.15) is 7.41 Å². The smallest absolute Gasteiger partial charge is 0.102 e. The number of fused-ring (bicyclic) bond motifs is 2. The lowest BCUT2D eigenvalue weighted by Crippen LogP contribution is -2.00. The standard InChI is InChI=1S/C6H11NP/c7-8-3-1-6(5-8)2-4-8/h1,3,6H,2,4-5,7H2/q+1. The van der Waals surface area contributed by atoms with Crippen LogP contribution in [0.15, 0.2) is 11.9 Å². The highest BCUT2D eigenvalue weighted by Gasteiger charge is 2.44. The molecule has 44 valence electrons. The maximum Gasteiger partial charge on any atom is 0.102 e. The Kier molecular flexibility index (Phi) is 0.832. The predicted octanol–water partition coefficient (Wildman–Crippen LogP) is 1.42. The van der Waals surface area contributed by atoms with Crippen molar-refractivity contribution in [2.24, 2.45) is 11.4 Å². The molecule has 1 fully saturated rings. The normalized spacial score (nSPS) is 50.9. The average Bonchev–Trinajstić information content (AvgIpc) is 2.21. The number of allylic oxidation sites excluding steroid dienone is 1. The molecule has 2 unspecified atom stereocenters. The molecule has 0 aromatic heterocycles. The van der Waals surface area contributed by atoms with E-state index in [-0.39, 0.29) is 0 Å². The highest BCUT2D eigenvalue weighted by molar-refractivity contribution is 7.77. The van der Waals surface area contributed by atoms with Crippen LogP contribution in [-0.2, 0) is 0 Å². The Balaban J connectivity index is 2.33. The molecule has 1 saturated heterocycles. The van der Waals surface area contributed by atoms with Crippen LogP contribution in [-0.4, -0.2) is 12.3 Å². The zero-order valence-corrected chi connectivity index (χ0v) is 5.77. The van der Waals surface area contributed by atoms with Gasteiger partial charge in [-0.25, -0.2) is 5.50 Å². The quantitative estimate of drug-likeness (QED) is 0.490. The molecule has 0 amide bonds. The van der Waals surface area contributed by atoms with Gasteiger partial charge < -0.3 is 0 Å². The fourth-order valence-corrected chi connectivity index (χ4v) is 4.64. The van der Waals surface area contributed by atoms with E-state index in [2.05, 4.69) is 11.9 Å². The van der Waals surface area contributed by atoms with Gasteiger partial charge in [-0.3, -0.25) is 0 Å². The fourth-order valence-electron chi connectivity index (χ4n) is 1.61. The van der Waals surface area contributed by atoms with Crippen LogP contribution in [0.4, 0.5) is 0 Å². The lowest BCUT2D eigenvalue weighted by Gasteiger charge is -2.05. The number of rotatable bonds is 0. The third kappa shape index (κ3) is 0.550. The van der Waals surface area contributed by atoms with Crippen LogP contribution < -0.4 is 5.50 Å². The molecule has 2 atom stereocenters. The molecule has 2 aliphatic rings. The van der Waals surface area contributed by atoms with E-state index in [0.29, 0.717) is 0 Å². The molecular weight excluding hydrogens is 117 g/mol.